The molecule has 0 unspecified atom stereocenters. The summed E-state index contributed by atoms with van der Waals surface area (Å²) in [7, 11) is 0. The van der Waals surface area contributed by atoms with Crippen molar-refractivity contribution in [2.75, 3.05) is 18.9 Å². The van der Waals surface area contributed by atoms with E-state index in [-0.39, 0.29) is 29.2 Å². The largest absolute Gasteiger partial charge is 0.398 e. The summed E-state index contributed by atoms with van der Waals surface area (Å²) in [5, 5.41) is 11.6. The van der Waals surface area contributed by atoms with Crippen LogP contribution in [0, 0.1) is 11.2 Å². The molecule has 5 heteroatoms. The molecule has 1 aromatic carbocycles. The summed E-state index contributed by atoms with van der Waals surface area (Å²) < 4.78 is 12.8. The average Bonchev–Trinajstić information content (AvgIpc) is 2.26. The fourth-order valence-electron chi connectivity index (χ4n) is 1.55. The molecule has 1 rings (SSSR count). The van der Waals surface area contributed by atoms with Crippen LogP contribution in [-0.2, 0) is 0 Å². The number of carbonyl (C=O) groups excluding carboxylic acids is 1. The molecule has 0 fully saturated rings. The Labute approximate surface area is 106 Å². The van der Waals surface area contributed by atoms with Gasteiger partial charge in [-0.3, -0.25) is 4.79 Å². The first-order chi connectivity index (χ1) is 8.35. The number of nitrogen functional groups attached to an aromatic ring is 1. The third-order valence-electron chi connectivity index (χ3n) is 2.77. The van der Waals surface area contributed by atoms with Crippen molar-refractivity contribution < 1.29 is 14.3 Å². The van der Waals surface area contributed by atoms with E-state index in [9.17, 15) is 9.18 Å². The molecule has 0 atom stereocenters. The Morgan fingerprint density at radius 2 is 2.17 bits per heavy atom. The van der Waals surface area contributed by atoms with Crippen molar-refractivity contribution >= 4 is 11.6 Å². The second-order valence-corrected chi connectivity index (χ2v) is 5.05. The number of hydrogen-bond donors (Lipinski definition) is 3. The predicted molar refractivity (Wildman–Crippen MR) is 68.6 cm³/mol. The maximum atomic E-state index is 12.8. The summed E-state index contributed by atoms with van der Waals surface area (Å²) in [5.74, 6) is -0.803. The molecule has 0 saturated carbocycles. The predicted octanol–water partition coefficient (Wildman–Crippen LogP) is 1.55. The second-order valence-electron chi connectivity index (χ2n) is 5.05. The topological polar surface area (TPSA) is 75.3 Å². The van der Waals surface area contributed by atoms with Crippen LogP contribution in [0.25, 0.3) is 0 Å². The van der Waals surface area contributed by atoms with Crippen molar-refractivity contribution in [3.8, 4) is 0 Å². The van der Waals surface area contributed by atoms with Crippen LogP contribution in [0.5, 0.6) is 0 Å². The highest BCUT2D eigenvalue weighted by molar-refractivity contribution is 5.99. The number of anilines is 1. The summed E-state index contributed by atoms with van der Waals surface area (Å²) in [6.45, 7) is 4.37. The molecule has 0 aromatic heterocycles. The zero-order chi connectivity index (χ0) is 13.8. The molecule has 4 nitrogen and oxygen atoms in total. The van der Waals surface area contributed by atoms with Gasteiger partial charge >= 0.3 is 0 Å². The van der Waals surface area contributed by atoms with E-state index in [2.05, 4.69) is 5.32 Å². The number of nitrogens with one attached hydrogen (secondary N) is 1. The van der Waals surface area contributed by atoms with E-state index in [0.29, 0.717) is 13.0 Å². The van der Waals surface area contributed by atoms with E-state index in [4.69, 9.17) is 10.8 Å². The Hall–Kier alpha value is -1.62. The molecule has 1 aromatic rings. The lowest BCUT2D eigenvalue weighted by Crippen LogP contribution is -2.34. The summed E-state index contributed by atoms with van der Waals surface area (Å²) in [5.41, 5.74) is 5.76. The fraction of sp³-hybridized carbons (Fsp3) is 0.462. The maximum Gasteiger partial charge on any atom is 0.253 e. The molecule has 0 aliphatic heterocycles. The molecule has 0 spiro atoms. The molecule has 4 N–H and O–H groups in total. The lowest BCUT2D eigenvalue weighted by atomic mass is 9.89. The van der Waals surface area contributed by atoms with Gasteiger partial charge in [0.25, 0.3) is 5.91 Å². The third kappa shape index (κ3) is 4.00. The van der Waals surface area contributed by atoms with Crippen LogP contribution in [0.1, 0.15) is 30.6 Å². The minimum absolute atomic E-state index is 0.0710. The van der Waals surface area contributed by atoms with Crippen molar-refractivity contribution in [1.82, 2.24) is 5.32 Å². The van der Waals surface area contributed by atoms with E-state index < -0.39 is 5.82 Å². The fourth-order valence-corrected chi connectivity index (χ4v) is 1.55. The first-order valence-electron chi connectivity index (χ1n) is 5.80. The number of aliphatic hydroxyl groups is 1. The highest BCUT2D eigenvalue weighted by Crippen LogP contribution is 2.19. The second kappa shape index (κ2) is 5.82. The summed E-state index contributed by atoms with van der Waals surface area (Å²) in [6, 6.07) is 3.68. The highest BCUT2D eigenvalue weighted by atomic mass is 19.1. The van der Waals surface area contributed by atoms with Gasteiger partial charge in [-0.05, 0) is 30.0 Å². The van der Waals surface area contributed by atoms with Gasteiger partial charge in [0.1, 0.15) is 5.82 Å². The molecule has 0 heterocycles. The Balaban J connectivity index is 2.66. The molecular weight excluding hydrogens is 235 g/mol. The van der Waals surface area contributed by atoms with Gasteiger partial charge in [0.2, 0.25) is 0 Å². The lowest BCUT2D eigenvalue weighted by molar-refractivity contribution is 0.0929. The van der Waals surface area contributed by atoms with E-state index in [1.807, 2.05) is 13.8 Å². The van der Waals surface area contributed by atoms with Crippen molar-refractivity contribution in [2.45, 2.75) is 20.3 Å². The molecule has 1 amide bonds. The first kappa shape index (κ1) is 14.4. The Morgan fingerprint density at radius 1 is 1.50 bits per heavy atom. The maximum absolute atomic E-state index is 12.8. The number of rotatable bonds is 5. The first-order valence-corrected chi connectivity index (χ1v) is 5.80. The third-order valence-corrected chi connectivity index (χ3v) is 2.77. The molecule has 0 radical (unpaired) electrons. The number of aliphatic hydroxyl groups excluding tert-OH is 1. The van der Waals surface area contributed by atoms with Crippen LogP contribution in [0.2, 0.25) is 0 Å². The molecule has 100 valence electrons. The van der Waals surface area contributed by atoms with Gasteiger partial charge in [0, 0.05) is 18.8 Å². The number of nitrogens with two attached hydrogens (primary N) is 1. The molecule has 0 saturated heterocycles. The zero-order valence-electron chi connectivity index (χ0n) is 10.7. The molecule has 0 bridgehead atoms. The van der Waals surface area contributed by atoms with Crippen LogP contribution in [0.15, 0.2) is 18.2 Å². The summed E-state index contributed by atoms with van der Waals surface area (Å²) >= 11 is 0. The van der Waals surface area contributed by atoms with Crippen LogP contribution in [0.3, 0.4) is 0 Å². The van der Waals surface area contributed by atoms with Crippen molar-refractivity contribution in [3.05, 3.63) is 29.6 Å². The van der Waals surface area contributed by atoms with Crippen molar-refractivity contribution in [1.29, 1.82) is 0 Å². The van der Waals surface area contributed by atoms with Gasteiger partial charge in [-0.2, -0.15) is 0 Å². The van der Waals surface area contributed by atoms with E-state index in [0.717, 1.165) is 6.07 Å². The lowest BCUT2D eigenvalue weighted by Gasteiger charge is -2.24. The van der Waals surface area contributed by atoms with Gasteiger partial charge in [-0.25, -0.2) is 4.39 Å². The average molecular weight is 254 g/mol. The summed E-state index contributed by atoms with van der Waals surface area (Å²) in [6.07, 6.45) is 0.589. The van der Waals surface area contributed by atoms with Gasteiger partial charge < -0.3 is 16.2 Å². The summed E-state index contributed by atoms with van der Waals surface area (Å²) in [4.78, 5) is 11.9. The SMILES string of the molecule is CC(C)(CCO)CNC(=O)c1ccc(F)cc1N. The van der Waals surface area contributed by atoms with Crippen molar-refractivity contribution in [2.24, 2.45) is 5.41 Å². The molecule has 0 aliphatic rings. The van der Waals surface area contributed by atoms with Gasteiger partial charge in [-0.1, -0.05) is 13.8 Å². The smallest absolute Gasteiger partial charge is 0.253 e. The highest BCUT2D eigenvalue weighted by Gasteiger charge is 2.19. The number of carbonyl (C=O) groups is 1. The van der Waals surface area contributed by atoms with Gasteiger partial charge in [0.05, 0.1) is 5.56 Å². The van der Waals surface area contributed by atoms with E-state index in [1.165, 1.54) is 12.1 Å². The Morgan fingerprint density at radius 3 is 2.72 bits per heavy atom. The van der Waals surface area contributed by atoms with Crippen LogP contribution in [-0.4, -0.2) is 24.2 Å². The standard InChI is InChI=1S/C13H19FN2O2/c1-13(2,5-6-17)8-16-12(18)10-4-3-9(14)7-11(10)15/h3-4,7,17H,5-6,8,15H2,1-2H3,(H,16,18). The minimum atomic E-state index is -0.468. The molecule has 0 aliphatic carbocycles. The van der Waals surface area contributed by atoms with Crippen LogP contribution < -0.4 is 11.1 Å². The van der Waals surface area contributed by atoms with Crippen LogP contribution in [0.4, 0.5) is 10.1 Å². The number of benzene rings is 1. The van der Waals surface area contributed by atoms with Gasteiger partial charge in [-0.15, -0.1) is 0 Å². The monoisotopic (exact) mass is 254 g/mol. The quantitative estimate of drug-likeness (QED) is 0.698. The Kier molecular flexibility index (Phi) is 4.67. The van der Waals surface area contributed by atoms with E-state index in [1.54, 1.807) is 0 Å². The molecular formula is C13H19FN2O2. The van der Waals surface area contributed by atoms with Gasteiger partial charge in [0.15, 0.2) is 0 Å². The molecule has 18 heavy (non-hydrogen) atoms. The number of amides is 1. The number of halogens is 1. The zero-order valence-corrected chi connectivity index (χ0v) is 10.7. The number of hydrogen-bond acceptors (Lipinski definition) is 3. The van der Waals surface area contributed by atoms with Crippen molar-refractivity contribution in [3.63, 3.8) is 0 Å². The normalized spacial score (nSPS) is 11.3. The minimum Gasteiger partial charge on any atom is -0.398 e. The Bertz CT molecular complexity index is 433. The van der Waals surface area contributed by atoms with Crippen LogP contribution >= 0.6 is 0 Å². The van der Waals surface area contributed by atoms with E-state index >= 15 is 0 Å².